The molecule has 0 heterocycles. The Kier molecular flexibility index (Phi) is 52.8. The van der Waals surface area contributed by atoms with Gasteiger partial charge in [-0.15, -0.1) is 0 Å². The summed E-state index contributed by atoms with van der Waals surface area (Å²) in [6, 6.07) is 0. The molecular weight excluding hydrogens is 829 g/mol. The van der Waals surface area contributed by atoms with Gasteiger partial charge >= 0.3 is 17.9 Å². The molecule has 0 aliphatic carbocycles. The Bertz CT molecular complexity index is 1260. The maximum Gasteiger partial charge on any atom is 0.306 e. The molecule has 1 unspecified atom stereocenters. The summed E-state index contributed by atoms with van der Waals surface area (Å²) >= 11 is 0. The highest BCUT2D eigenvalue weighted by Gasteiger charge is 2.19. The van der Waals surface area contributed by atoms with E-state index in [4.69, 9.17) is 14.2 Å². The van der Waals surface area contributed by atoms with Crippen LogP contribution in [0.25, 0.3) is 0 Å². The summed E-state index contributed by atoms with van der Waals surface area (Å²) in [6.07, 6.45) is 70.5. The summed E-state index contributed by atoms with van der Waals surface area (Å²) in [6.45, 7) is 6.46. The molecule has 1 atom stereocenters. The van der Waals surface area contributed by atoms with Crippen LogP contribution in [-0.2, 0) is 28.6 Å². The summed E-state index contributed by atoms with van der Waals surface area (Å²) < 4.78 is 16.8. The van der Waals surface area contributed by atoms with Crippen molar-refractivity contribution in [3.05, 3.63) is 72.9 Å². The molecule has 0 aliphatic rings. The molecule has 0 aromatic carbocycles. The fourth-order valence-corrected chi connectivity index (χ4v) is 7.96. The number of allylic oxidation sites excluding steroid dienone is 12. The number of hydrogen-bond acceptors (Lipinski definition) is 6. The highest BCUT2D eigenvalue weighted by molar-refractivity contribution is 5.71. The monoisotopic (exact) mass is 935 g/mol. The highest BCUT2D eigenvalue weighted by atomic mass is 16.6. The van der Waals surface area contributed by atoms with Gasteiger partial charge in [-0.1, -0.05) is 254 Å². The van der Waals surface area contributed by atoms with E-state index >= 15 is 0 Å². The van der Waals surface area contributed by atoms with Crippen molar-refractivity contribution in [2.24, 2.45) is 0 Å². The lowest BCUT2D eigenvalue weighted by atomic mass is 10.0. The van der Waals surface area contributed by atoms with E-state index < -0.39 is 6.10 Å². The Morgan fingerprint density at radius 1 is 0.313 bits per heavy atom. The molecule has 386 valence electrons. The van der Waals surface area contributed by atoms with Crippen molar-refractivity contribution < 1.29 is 28.6 Å². The summed E-state index contributed by atoms with van der Waals surface area (Å²) in [5.74, 6) is -0.977. The van der Waals surface area contributed by atoms with Gasteiger partial charge in [0.05, 0.1) is 0 Å². The Labute approximate surface area is 414 Å². The van der Waals surface area contributed by atoms with Crippen LogP contribution in [0.15, 0.2) is 72.9 Å². The lowest BCUT2D eigenvalue weighted by molar-refractivity contribution is -0.166. The average molecular weight is 936 g/mol. The van der Waals surface area contributed by atoms with E-state index in [2.05, 4.69) is 87.6 Å². The predicted octanol–water partition coefficient (Wildman–Crippen LogP) is 19.0. The van der Waals surface area contributed by atoms with Gasteiger partial charge in [0.2, 0.25) is 0 Å². The van der Waals surface area contributed by atoms with E-state index in [0.29, 0.717) is 19.3 Å². The van der Waals surface area contributed by atoms with Gasteiger partial charge < -0.3 is 14.2 Å². The number of hydrogen-bond donors (Lipinski definition) is 0. The first-order chi connectivity index (χ1) is 33.0. The van der Waals surface area contributed by atoms with Crippen molar-refractivity contribution >= 4 is 17.9 Å². The Balaban J connectivity index is 4.40. The summed E-state index contributed by atoms with van der Waals surface area (Å²) in [7, 11) is 0. The van der Waals surface area contributed by atoms with Crippen molar-refractivity contribution in [1.82, 2.24) is 0 Å². The smallest absolute Gasteiger partial charge is 0.306 e. The number of ether oxygens (including phenoxy) is 3. The molecule has 0 aromatic heterocycles. The van der Waals surface area contributed by atoms with Crippen LogP contribution in [0.3, 0.4) is 0 Å². The SMILES string of the molecule is CC/C=C\C/C=C\C/C=C\C/C=C\CCC(=O)OCC(COC(=O)CCCCCCCCCCC/C=C\C/C=C\CCCCC)OC(=O)CCCCCCCCCCCCCCCCCCC. The van der Waals surface area contributed by atoms with Crippen molar-refractivity contribution in [2.75, 3.05) is 13.2 Å². The molecule has 0 amide bonds. The Hall–Kier alpha value is -3.15. The van der Waals surface area contributed by atoms with Crippen LogP contribution in [-0.4, -0.2) is 37.2 Å². The third-order valence-corrected chi connectivity index (χ3v) is 12.2. The highest BCUT2D eigenvalue weighted by Crippen LogP contribution is 2.16. The van der Waals surface area contributed by atoms with Crippen LogP contribution < -0.4 is 0 Å². The number of unbranched alkanes of at least 4 members (excludes halogenated alkanes) is 28. The zero-order valence-electron chi connectivity index (χ0n) is 44.2. The van der Waals surface area contributed by atoms with E-state index in [9.17, 15) is 14.4 Å². The predicted molar refractivity (Wildman–Crippen MR) is 288 cm³/mol. The van der Waals surface area contributed by atoms with Crippen molar-refractivity contribution in [3.8, 4) is 0 Å². The average Bonchev–Trinajstić information content (AvgIpc) is 3.33. The van der Waals surface area contributed by atoms with E-state index in [1.165, 1.54) is 161 Å². The van der Waals surface area contributed by atoms with Crippen LogP contribution >= 0.6 is 0 Å². The van der Waals surface area contributed by atoms with E-state index in [1.807, 2.05) is 6.08 Å². The molecule has 0 rings (SSSR count). The van der Waals surface area contributed by atoms with E-state index in [-0.39, 0.29) is 37.5 Å². The molecular formula is C61H106O6. The lowest BCUT2D eigenvalue weighted by Gasteiger charge is -2.18. The molecule has 0 fully saturated rings. The standard InChI is InChI=1S/C61H106O6/c1-4-7-10-13-16-19-22-25-27-29-30-32-33-36-39-42-45-48-51-54-60(63)66-57-58(56-65-59(62)53-50-47-44-41-38-35-24-21-18-15-12-9-6-3)67-61(64)55-52-49-46-43-40-37-34-31-28-26-23-20-17-14-11-8-5-2/h9,12,16,18-19,21,25,27,35,38,44,47,58H,4-8,10-11,13-15,17,20,22-24,26,28-34,36-37,39-43,45-46,48-57H2,1-3H3/b12-9-,19-16-,21-18-,27-25-,38-35-,47-44-. The van der Waals surface area contributed by atoms with Crippen LogP contribution in [0.2, 0.25) is 0 Å². The first-order valence-corrected chi connectivity index (χ1v) is 28.4. The Morgan fingerprint density at radius 2 is 0.612 bits per heavy atom. The summed E-state index contributed by atoms with van der Waals surface area (Å²) in [5.41, 5.74) is 0. The molecule has 0 bridgehead atoms. The molecule has 0 radical (unpaired) electrons. The molecule has 6 heteroatoms. The number of rotatable bonds is 51. The maximum absolute atomic E-state index is 12.8. The maximum atomic E-state index is 12.8. The van der Waals surface area contributed by atoms with E-state index in [0.717, 1.165) is 70.6 Å². The second-order valence-electron chi connectivity index (χ2n) is 18.8. The fraction of sp³-hybridized carbons (Fsp3) is 0.754. The minimum atomic E-state index is -0.804. The first-order valence-electron chi connectivity index (χ1n) is 28.4. The normalized spacial score (nSPS) is 12.6. The quantitative estimate of drug-likeness (QED) is 0.0262. The van der Waals surface area contributed by atoms with Crippen LogP contribution in [0.5, 0.6) is 0 Å². The van der Waals surface area contributed by atoms with Crippen molar-refractivity contribution in [2.45, 2.75) is 284 Å². The number of esters is 3. The van der Waals surface area contributed by atoms with Crippen LogP contribution in [0.1, 0.15) is 278 Å². The molecule has 67 heavy (non-hydrogen) atoms. The number of carbonyl (C=O) groups is 3. The van der Waals surface area contributed by atoms with Gasteiger partial charge in [-0.3, -0.25) is 14.4 Å². The largest absolute Gasteiger partial charge is 0.462 e. The molecule has 0 saturated heterocycles. The van der Waals surface area contributed by atoms with Gasteiger partial charge in [-0.05, 0) is 77.0 Å². The molecule has 0 spiro atoms. The van der Waals surface area contributed by atoms with Gasteiger partial charge in [0.15, 0.2) is 6.10 Å². The first kappa shape index (κ1) is 63.8. The third kappa shape index (κ3) is 53.7. The summed E-state index contributed by atoms with van der Waals surface area (Å²) in [4.78, 5) is 38.1. The molecule has 0 N–H and O–H groups in total. The fourth-order valence-electron chi connectivity index (χ4n) is 7.96. The van der Waals surface area contributed by atoms with Crippen molar-refractivity contribution in [3.63, 3.8) is 0 Å². The number of carbonyl (C=O) groups excluding carboxylic acids is 3. The van der Waals surface area contributed by atoms with Crippen LogP contribution in [0, 0.1) is 0 Å². The molecule has 6 nitrogen and oxygen atoms in total. The van der Waals surface area contributed by atoms with Gasteiger partial charge in [0, 0.05) is 19.3 Å². The van der Waals surface area contributed by atoms with Gasteiger partial charge in [-0.2, -0.15) is 0 Å². The lowest BCUT2D eigenvalue weighted by Crippen LogP contribution is -2.30. The molecule has 0 aromatic rings. The second-order valence-corrected chi connectivity index (χ2v) is 18.8. The molecule has 0 aliphatic heterocycles. The zero-order chi connectivity index (χ0) is 48.6. The van der Waals surface area contributed by atoms with Gasteiger partial charge in [0.1, 0.15) is 13.2 Å². The second kappa shape index (κ2) is 55.4. The van der Waals surface area contributed by atoms with Gasteiger partial charge in [0.25, 0.3) is 0 Å². The van der Waals surface area contributed by atoms with Crippen LogP contribution in [0.4, 0.5) is 0 Å². The van der Waals surface area contributed by atoms with E-state index in [1.54, 1.807) is 0 Å². The van der Waals surface area contributed by atoms with Crippen molar-refractivity contribution in [1.29, 1.82) is 0 Å². The zero-order valence-corrected chi connectivity index (χ0v) is 44.2. The minimum Gasteiger partial charge on any atom is -0.462 e. The minimum absolute atomic E-state index is 0.0975. The Morgan fingerprint density at radius 3 is 1.03 bits per heavy atom. The topological polar surface area (TPSA) is 78.9 Å². The van der Waals surface area contributed by atoms with Gasteiger partial charge in [-0.25, -0.2) is 0 Å². The summed E-state index contributed by atoms with van der Waals surface area (Å²) in [5, 5.41) is 0. The third-order valence-electron chi connectivity index (χ3n) is 12.2. The molecule has 0 saturated carbocycles.